The lowest BCUT2D eigenvalue weighted by Crippen LogP contribution is -2.62. The summed E-state index contributed by atoms with van der Waals surface area (Å²) in [6, 6.07) is 5.01. The molecule has 0 aromatic carbocycles. The van der Waals surface area contributed by atoms with E-state index in [-0.39, 0.29) is 35.6 Å². The zero-order valence-electron chi connectivity index (χ0n) is 12.6. The summed E-state index contributed by atoms with van der Waals surface area (Å²) in [5.74, 6) is -0.695. The lowest BCUT2D eigenvalue weighted by atomic mass is 9.85. The molecule has 118 valence electrons. The summed E-state index contributed by atoms with van der Waals surface area (Å²) >= 11 is 0. The maximum atomic E-state index is 12.5. The summed E-state index contributed by atoms with van der Waals surface area (Å²) in [6.45, 7) is 0.805. The fourth-order valence-corrected chi connectivity index (χ4v) is 3.62. The quantitative estimate of drug-likeness (QED) is 0.600. The third kappa shape index (κ3) is 2.17. The van der Waals surface area contributed by atoms with Gasteiger partial charge in [0.05, 0.1) is 17.9 Å². The Morgan fingerprint density at radius 3 is 2.26 bits per heavy atom. The lowest BCUT2D eigenvalue weighted by molar-refractivity contribution is -0.145. The molecule has 6 heteroatoms. The van der Waals surface area contributed by atoms with E-state index in [4.69, 9.17) is 0 Å². The van der Waals surface area contributed by atoms with Crippen LogP contribution in [0.4, 0.5) is 0 Å². The van der Waals surface area contributed by atoms with Crippen molar-refractivity contribution in [3.8, 4) is 0 Å². The van der Waals surface area contributed by atoms with Gasteiger partial charge in [-0.15, -0.1) is 0 Å². The number of imide groups is 1. The second kappa shape index (κ2) is 5.30. The summed E-state index contributed by atoms with van der Waals surface area (Å²) in [5, 5.41) is 0. The van der Waals surface area contributed by atoms with Gasteiger partial charge in [-0.2, -0.15) is 0 Å². The molecule has 0 spiro atoms. The minimum Gasteiger partial charge on any atom is -0.333 e. The van der Waals surface area contributed by atoms with Crippen LogP contribution in [0.3, 0.4) is 0 Å². The van der Waals surface area contributed by atoms with E-state index in [1.54, 1.807) is 29.3 Å². The molecule has 3 aliphatic rings. The minimum absolute atomic E-state index is 0.0701. The van der Waals surface area contributed by atoms with Gasteiger partial charge in [-0.1, -0.05) is 18.2 Å². The van der Waals surface area contributed by atoms with E-state index in [0.29, 0.717) is 31.6 Å². The van der Waals surface area contributed by atoms with Crippen LogP contribution < -0.4 is 0 Å². The van der Waals surface area contributed by atoms with Crippen molar-refractivity contribution in [1.29, 1.82) is 0 Å². The van der Waals surface area contributed by atoms with Crippen molar-refractivity contribution in [1.82, 2.24) is 14.8 Å². The first-order valence-corrected chi connectivity index (χ1v) is 7.89. The number of nitrogens with zero attached hydrogens (tertiary/aromatic N) is 3. The average molecular weight is 311 g/mol. The van der Waals surface area contributed by atoms with E-state index in [2.05, 4.69) is 4.98 Å². The summed E-state index contributed by atoms with van der Waals surface area (Å²) in [6.07, 6.45) is 6.83. The van der Waals surface area contributed by atoms with Crippen molar-refractivity contribution >= 4 is 17.7 Å². The molecule has 2 saturated heterocycles. The smallest absolute Gasteiger partial charge is 0.272 e. The molecule has 2 unspecified atom stereocenters. The highest BCUT2D eigenvalue weighted by molar-refractivity contribution is 6.06. The average Bonchev–Trinajstić information content (AvgIpc) is 2.80. The van der Waals surface area contributed by atoms with Crippen molar-refractivity contribution in [3.05, 3.63) is 42.2 Å². The number of aromatic nitrogens is 1. The van der Waals surface area contributed by atoms with Gasteiger partial charge in [0, 0.05) is 19.3 Å². The van der Waals surface area contributed by atoms with Crippen molar-refractivity contribution in [2.45, 2.75) is 18.9 Å². The molecule has 1 aliphatic carbocycles. The van der Waals surface area contributed by atoms with Crippen LogP contribution in [-0.4, -0.2) is 51.6 Å². The third-order valence-electron chi connectivity index (χ3n) is 4.94. The van der Waals surface area contributed by atoms with Crippen LogP contribution in [0.5, 0.6) is 0 Å². The van der Waals surface area contributed by atoms with Crippen LogP contribution in [0.1, 0.15) is 23.3 Å². The van der Waals surface area contributed by atoms with Gasteiger partial charge < -0.3 is 4.90 Å². The Bertz CT molecular complexity index is 668. The Labute approximate surface area is 133 Å². The minimum atomic E-state index is -0.201. The van der Waals surface area contributed by atoms with E-state index >= 15 is 0 Å². The number of likely N-dealkylation sites (tertiary alicyclic amines) is 2. The monoisotopic (exact) mass is 311 g/mol. The topological polar surface area (TPSA) is 70.6 Å². The highest BCUT2D eigenvalue weighted by atomic mass is 16.2. The summed E-state index contributed by atoms with van der Waals surface area (Å²) in [7, 11) is 0. The molecule has 2 aliphatic heterocycles. The van der Waals surface area contributed by atoms with Crippen LogP contribution in [-0.2, 0) is 9.59 Å². The van der Waals surface area contributed by atoms with Gasteiger partial charge in [0.1, 0.15) is 5.69 Å². The highest BCUT2D eigenvalue weighted by Crippen LogP contribution is 2.37. The SMILES string of the molecule is O=C(c1ccccn1)N1CC(N2C(=O)C3CC=CCC3C2=O)C1. The Morgan fingerprint density at radius 1 is 1.04 bits per heavy atom. The van der Waals surface area contributed by atoms with Crippen LogP contribution in [0.25, 0.3) is 0 Å². The molecule has 1 aromatic heterocycles. The van der Waals surface area contributed by atoms with E-state index in [1.165, 1.54) is 4.90 Å². The molecule has 0 saturated carbocycles. The standard InChI is InChI=1S/C17H17N3O3/c21-15-12-5-1-2-6-13(12)16(22)20(15)11-9-19(10-11)17(23)14-7-3-4-8-18-14/h1-4,7-8,11-13H,5-6,9-10H2. The molecule has 23 heavy (non-hydrogen) atoms. The van der Waals surface area contributed by atoms with Gasteiger partial charge in [0.2, 0.25) is 11.8 Å². The zero-order chi connectivity index (χ0) is 16.0. The first kappa shape index (κ1) is 14.1. The van der Waals surface area contributed by atoms with Crippen LogP contribution >= 0.6 is 0 Å². The molecule has 4 rings (SSSR count). The maximum Gasteiger partial charge on any atom is 0.272 e. The Balaban J connectivity index is 1.43. The lowest BCUT2D eigenvalue weighted by Gasteiger charge is -2.43. The summed E-state index contributed by atoms with van der Waals surface area (Å²) in [4.78, 5) is 44.3. The van der Waals surface area contributed by atoms with Gasteiger partial charge >= 0.3 is 0 Å². The molecule has 2 atom stereocenters. The van der Waals surface area contributed by atoms with Crippen molar-refractivity contribution in [2.24, 2.45) is 11.8 Å². The van der Waals surface area contributed by atoms with E-state index in [0.717, 1.165) is 0 Å². The molecular formula is C17H17N3O3. The maximum absolute atomic E-state index is 12.5. The number of rotatable bonds is 2. The number of amides is 3. The number of hydrogen-bond donors (Lipinski definition) is 0. The molecule has 6 nitrogen and oxygen atoms in total. The van der Waals surface area contributed by atoms with Gasteiger partial charge in [0.15, 0.2) is 0 Å². The van der Waals surface area contributed by atoms with E-state index in [1.807, 2.05) is 12.2 Å². The molecule has 0 bridgehead atoms. The second-order valence-corrected chi connectivity index (χ2v) is 6.28. The number of fused-ring (bicyclic) bond motifs is 1. The van der Waals surface area contributed by atoms with E-state index in [9.17, 15) is 14.4 Å². The van der Waals surface area contributed by atoms with Gasteiger partial charge in [-0.25, -0.2) is 0 Å². The Morgan fingerprint density at radius 2 is 1.70 bits per heavy atom. The van der Waals surface area contributed by atoms with Crippen LogP contribution in [0.2, 0.25) is 0 Å². The molecule has 0 N–H and O–H groups in total. The van der Waals surface area contributed by atoms with Crippen molar-refractivity contribution < 1.29 is 14.4 Å². The van der Waals surface area contributed by atoms with Gasteiger partial charge in [-0.3, -0.25) is 24.3 Å². The van der Waals surface area contributed by atoms with Crippen LogP contribution in [0, 0.1) is 11.8 Å². The fraction of sp³-hybridized carbons (Fsp3) is 0.412. The molecular weight excluding hydrogens is 294 g/mol. The second-order valence-electron chi connectivity index (χ2n) is 6.28. The molecule has 0 radical (unpaired) electrons. The van der Waals surface area contributed by atoms with Gasteiger partial charge in [0.25, 0.3) is 5.91 Å². The Hall–Kier alpha value is -2.50. The number of pyridine rings is 1. The molecule has 1 aromatic rings. The number of allylic oxidation sites excluding steroid dienone is 2. The molecule has 3 heterocycles. The normalized spacial score (nSPS) is 27.1. The van der Waals surface area contributed by atoms with Crippen LogP contribution in [0.15, 0.2) is 36.5 Å². The number of carbonyl (C=O) groups is 3. The molecule has 3 amide bonds. The summed E-state index contributed by atoms with van der Waals surface area (Å²) in [5.41, 5.74) is 0.392. The van der Waals surface area contributed by atoms with Crippen molar-refractivity contribution in [2.75, 3.05) is 13.1 Å². The largest absolute Gasteiger partial charge is 0.333 e. The third-order valence-corrected chi connectivity index (χ3v) is 4.94. The number of carbonyl (C=O) groups excluding carboxylic acids is 3. The summed E-state index contributed by atoms with van der Waals surface area (Å²) < 4.78 is 0. The Kier molecular flexibility index (Phi) is 3.25. The van der Waals surface area contributed by atoms with Crippen molar-refractivity contribution in [3.63, 3.8) is 0 Å². The fourth-order valence-electron chi connectivity index (χ4n) is 3.62. The van der Waals surface area contributed by atoms with E-state index < -0.39 is 0 Å². The number of hydrogen-bond acceptors (Lipinski definition) is 4. The first-order valence-electron chi connectivity index (χ1n) is 7.89. The zero-order valence-corrected chi connectivity index (χ0v) is 12.6. The van der Waals surface area contributed by atoms with Gasteiger partial charge in [-0.05, 0) is 25.0 Å². The highest BCUT2D eigenvalue weighted by Gasteiger charge is 2.52. The first-order chi connectivity index (χ1) is 11.2. The predicted octanol–water partition coefficient (Wildman–Crippen LogP) is 0.857. The predicted molar refractivity (Wildman–Crippen MR) is 81.1 cm³/mol. The molecule has 2 fully saturated rings.